The fraction of sp³-hybridized carbons (Fsp3) is 0.615. The van der Waals surface area contributed by atoms with E-state index in [0.29, 0.717) is 0 Å². The highest BCUT2D eigenvalue weighted by atomic mass is 32.2. The van der Waals surface area contributed by atoms with Crippen LogP contribution in [0.3, 0.4) is 0 Å². The number of thioether (sulfide) groups is 1. The van der Waals surface area contributed by atoms with Crippen molar-refractivity contribution in [2.75, 3.05) is 12.8 Å². The van der Waals surface area contributed by atoms with Crippen molar-refractivity contribution in [1.82, 2.24) is 10.2 Å². The molecule has 100 valence electrons. The van der Waals surface area contributed by atoms with Crippen LogP contribution in [0.5, 0.6) is 0 Å². The maximum atomic E-state index is 12.3. The third-order valence-corrected chi connectivity index (χ3v) is 5.27. The molecule has 0 spiro atoms. The highest BCUT2D eigenvalue weighted by Crippen LogP contribution is 2.31. The summed E-state index contributed by atoms with van der Waals surface area (Å²) in [6.07, 6.45) is 2.13. The Kier molecular flexibility index (Phi) is 4.04. The van der Waals surface area contributed by atoms with Gasteiger partial charge in [-0.1, -0.05) is 0 Å². The van der Waals surface area contributed by atoms with Gasteiger partial charge in [0, 0.05) is 11.3 Å². The van der Waals surface area contributed by atoms with Gasteiger partial charge in [0.15, 0.2) is 0 Å². The van der Waals surface area contributed by atoms with Crippen LogP contribution in [-0.2, 0) is 4.79 Å². The molecule has 2 atom stereocenters. The van der Waals surface area contributed by atoms with E-state index in [9.17, 15) is 4.79 Å². The molecule has 0 aliphatic carbocycles. The van der Waals surface area contributed by atoms with E-state index in [0.717, 1.165) is 6.54 Å². The minimum absolute atomic E-state index is 0.0326. The van der Waals surface area contributed by atoms with Gasteiger partial charge in [-0.05, 0) is 49.4 Å². The molecule has 0 saturated carbocycles. The standard InChI is InChI=1S/C13H20N2OS2/c1-9-12(16)15(8-13(2,3)17-4)11(14-9)10-5-6-18-7-10/h5-7,9,11,14H,8H2,1-4H3. The SMILES string of the molecule is CSC(C)(C)CN1C(=O)C(C)NC1c1ccsc1. The van der Waals surface area contributed by atoms with E-state index >= 15 is 0 Å². The zero-order chi connectivity index (χ0) is 13.3. The number of hydrogen-bond donors (Lipinski definition) is 1. The van der Waals surface area contributed by atoms with E-state index in [1.165, 1.54) is 5.56 Å². The van der Waals surface area contributed by atoms with Crippen molar-refractivity contribution in [2.45, 2.75) is 37.7 Å². The van der Waals surface area contributed by atoms with Crippen LogP contribution in [-0.4, -0.2) is 34.4 Å². The van der Waals surface area contributed by atoms with E-state index in [1.54, 1.807) is 23.1 Å². The molecule has 2 unspecified atom stereocenters. The Morgan fingerprint density at radius 2 is 2.28 bits per heavy atom. The first-order valence-electron chi connectivity index (χ1n) is 6.08. The predicted octanol–water partition coefficient (Wildman–Crippen LogP) is 2.71. The van der Waals surface area contributed by atoms with Gasteiger partial charge < -0.3 is 4.90 Å². The van der Waals surface area contributed by atoms with E-state index in [2.05, 4.69) is 42.2 Å². The maximum absolute atomic E-state index is 12.3. The summed E-state index contributed by atoms with van der Waals surface area (Å²) in [5.74, 6) is 0.202. The van der Waals surface area contributed by atoms with Crippen LogP contribution in [0.4, 0.5) is 0 Å². The lowest BCUT2D eigenvalue weighted by Crippen LogP contribution is -2.40. The van der Waals surface area contributed by atoms with Gasteiger partial charge in [0.1, 0.15) is 6.17 Å². The molecule has 5 heteroatoms. The molecule has 1 saturated heterocycles. The summed E-state index contributed by atoms with van der Waals surface area (Å²) in [7, 11) is 0. The Morgan fingerprint density at radius 3 is 2.83 bits per heavy atom. The van der Waals surface area contributed by atoms with Crippen LogP contribution in [0.25, 0.3) is 0 Å². The molecule has 1 aliphatic rings. The van der Waals surface area contributed by atoms with Crippen LogP contribution in [0.15, 0.2) is 16.8 Å². The first-order valence-corrected chi connectivity index (χ1v) is 8.25. The molecule has 1 N–H and O–H groups in total. The number of thiophene rings is 1. The summed E-state index contributed by atoms with van der Waals surface area (Å²) < 4.78 is 0.0790. The smallest absolute Gasteiger partial charge is 0.241 e. The third-order valence-electron chi connectivity index (χ3n) is 3.34. The zero-order valence-corrected chi connectivity index (χ0v) is 12.9. The average Bonchev–Trinajstić information content (AvgIpc) is 2.93. The van der Waals surface area contributed by atoms with Gasteiger partial charge in [-0.2, -0.15) is 23.1 Å². The van der Waals surface area contributed by atoms with Crippen molar-refractivity contribution in [1.29, 1.82) is 0 Å². The number of amides is 1. The molecule has 18 heavy (non-hydrogen) atoms. The van der Waals surface area contributed by atoms with E-state index < -0.39 is 0 Å². The summed E-state index contributed by atoms with van der Waals surface area (Å²) in [6.45, 7) is 7.07. The topological polar surface area (TPSA) is 32.3 Å². The Balaban J connectivity index is 2.21. The molecular formula is C13H20N2OS2. The Morgan fingerprint density at radius 1 is 1.56 bits per heavy atom. The summed E-state index contributed by atoms with van der Waals surface area (Å²) in [5.41, 5.74) is 1.19. The van der Waals surface area contributed by atoms with Crippen molar-refractivity contribution < 1.29 is 4.79 Å². The van der Waals surface area contributed by atoms with Crippen molar-refractivity contribution in [2.24, 2.45) is 0 Å². The van der Waals surface area contributed by atoms with Crippen LogP contribution >= 0.6 is 23.1 Å². The fourth-order valence-corrected chi connectivity index (χ4v) is 3.07. The van der Waals surface area contributed by atoms with Crippen molar-refractivity contribution in [3.8, 4) is 0 Å². The van der Waals surface area contributed by atoms with Gasteiger partial charge in [-0.25, -0.2) is 0 Å². The monoisotopic (exact) mass is 284 g/mol. The zero-order valence-electron chi connectivity index (χ0n) is 11.3. The lowest BCUT2D eigenvalue weighted by molar-refractivity contribution is -0.130. The first-order chi connectivity index (χ1) is 8.44. The minimum Gasteiger partial charge on any atom is -0.320 e. The molecule has 0 radical (unpaired) electrons. The van der Waals surface area contributed by atoms with Gasteiger partial charge in [-0.15, -0.1) is 0 Å². The summed E-state index contributed by atoms with van der Waals surface area (Å²) in [6, 6.07) is 2.00. The highest BCUT2D eigenvalue weighted by molar-refractivity contribution is 7.99. The number of hydrogen-bond acceptors (Lipinski definition) is 4. The number of carbonyl (C=O) groups excluding carboxylic acids is 1. The van der Waals surface area contributed by atoms with Crippen LogP contribution < -0.4 is 5.32 Å². The second-order valence-corrected chi connectivity index (χ2v) is 7.57. The van der Waals surface area contributed by atoms with Crippen molar-refractivity contribution in [3.63, 3.8) is 0 Å². The number of carbonyl (C=O) groups is 1. The Bertz CT molecular complexity index is 417. The number of nitrogens with zero attached hydrogens (tertiary/aromatic N) is 1. The molecule has 1 fully saturated rings. The first kappa shape index (κ1) is 13.9. The predicted molar refractivity (Wildman–Crippen MR) is 79.0 cm³/mol. The van der Waals surface area contributed by atoms with E-state index in [4.69, 9.17) is 0 Å². The van der Waals surface area contributed by atoms with Crippen LogP contribution in [0.1, 0.15) is 32.5 Å². The maximum Gasteiger partial charge on any atom is 0.241 e. The molecule has 2 rings (SSSR count). The van der Waals surface area contributed by atoms with Gasteiger partial charge in [-0.3, -0.25) is 10.1 Å². The Labute approximate surface area is 117 Å². The summed E-state index contributed by atoms with van der Waals surface area (Å²) in [4.78, 5) is 14.2. The van der Waals surface area contributed by atoms with Gasteiger partial charge in [0.25, 0.3) is 0 Å². The van der Waals surface area contributed by atoms with E-state index in [-0.39, 0.29) is 22.9 Å². The molecule has 1 amide bonds. The number of rotatable bonds is 4. The molecule has 1 aromatic rings. The lowest BCUT2D eigenvalue weighted by atomic mass is 10.1. The molecule has 3 nitrogen and oxygen atoms in total. The van der Waals surface area contributed by atoms with Crippen molar-refractivity contribution >= 4 is 29.0 Å². The quantitative estimate of drug-likeness (QED) is 0.922. The fourth-order valence-electron chi connectivity index (χ4n) is 2.12. The van der Waals surface area contributed by atoms with Gasteiger partial charge in [0.2, 0.25) is 5.91 Å². The van der Waals surface area contributed by atoms with E-state index in [1.807, 2.05) is 11.8 Å². The molecule has 0 bridgehead atoms. The molecule has 1 aliphatic heterocycles. The minimum atomic E-state index is -0.0902. The Hall–Kier alpha value is -0.520. The normalized spacial score (nSPS) is 24.9. The third kappa shape index (κ3) is 2.73. The van der Waals surface area contributed by atoms with Crippen LogP contribution in [0, 0.1) is 0 Å². The largest absolute Gasteiger partial charge is 0.320 e. The van der Waals surface area contributed by atoms with Gasteiger partial charge in [0.05, 0.1) is 6.04 Å². The highest BCUT2D eigenvalue weighted by Gasteiger charge is 2.39. The van der Waals surface area contributed by atoms with Crippen molar-refractivity contribution in [3.05, 3.63) is 22.4 Å². The molecule has 0 aromatic carbocycles. The van der Waals surface area contributed by atoms with Crippen LogP contribution in [0.2, 0.25) is 0 Å². The number of nitrogens with one attached hydrogen (secondary N) is 1. The second kappa shape index (κ2) is 5.23. The molecule has 2 heterocycles. The summed E-state index contributed by atoms with van der Waals surface area (Å²) >= 11 is 3.47. The van der Waals surface area contributed by atoms with Gasteiger partial charge >= 0.3 is 0 Å². The molecule has 1 aromatic heterocycles. The lowest BCUT2D eigenvalue weighted by Gasteiger charge is -2.32. The summed E-state index contributed by atoms with van der Waals surface area (Å²) in [5, 5.41) is 7.55. The molecular weight excluding hydrogens is 264 g/mol. The average molecular weight is 284 g/mol. The second-order valence-electron chi connectivity index (χ2n) is 5.28.